The van der Waals surface area contributed by atoms with E-state index in [1.807, 2.05) is 43.3 Å². The standard InChI is InChI=1S/C20H22N2O2/c1-12(14-11-10-13-6-2-3-7-15(13)19(14)23)21-22-20(24)18-16-8-4-5-9-17(16)18/h2-3,6-7,10-11,16-18,23H,4-5,8-9H2,1H3,(H,22,24)/b21-12-/t16-,17-/m0/s1. The van der Waals surface area contributed by atoms with E-state index >= 15 is 0 Å². The van der Waals surface area contributed by atoms with Crippen LogP contribution in [0.15, 0.2) is 41.5 Å². The highest BCUT2D eigenvalue weighted by molar-refractivity contribution is 6.06. The van der Waals surface area contributed by atoms with Gasteiger partial charge in [0.15, 0.2) is 0 Å². The highest BCUT2D eigenvalue weighted by Crippen LogP contribution is 2.55. The second kappa shape index (κ2) is 5.93. The van der Waals surface area contributed by atoms with E-state index in [1.54, 1.807) is 0 Å². The van der Waals surface area contributed by atoms with Crippen molar-refractivity contribution in [2.75, 3.05) is 0 Å². The van der Waals surface area contributed by atoms with Crippen LogP contribution in [0.4, 0.5) is 0 Å². The summed E-state index contributed by atoms with van der Waals surface area (Å²) in [6.45, 7) is 1.81. The molecule has 0 aliphatic heterocycles. The first-order chi connectivity index (χ1) is 11.7. The average Bonchev–Trinajstić information content (AvgIpc) is 3.34. The van der Waals surface area contributed by atoms with Gasteiger partial charge in [-0.1, -0.05) is 43.2 Å². The highest BCUT2D eigenvalue weighted by Gasteiger charge is 2.54. The van der Waals surface area contributed by atoms with Gasteiger partial charge in [-0.25, -0.2) is 5.43 Å². The molecule has 0 aromatic heterocycles. The van der Waals surface area contributed by atoms with Crippen molar-refractivity contribution >= 4 is 22.4 Å². The Bertz CT molecular complexity index is 815. The summed E-state index contributed by atoms with van der Waals surface area (Å²) < 4.78 is 0. The largest absolute Gasteiger partial charge is 0.507 e. The first-order valence-corrected chi connectivity index (χ1v) is 8.72. The van der Waals surface area contributed by atoms with Crippen molar-refractivity contribution in [3.63, 3.8) is 0 Å². The third kappa shape index (κ3) is 2.56. The zero-order valence-electron chi connectivity index (χ0n) is 13.8. The van der Waals surface area contributed by atoms with Crippen molar-refractivity contribution in [2.24, 2.45) is 22.9 Å². The van der Waals surface area contributed by atoms with E-state index in [0.717, 1.165) is 10.8 Å². The molecule has 2 aliphatic rings. The molecule has 2 aromatic rings. The van der Waals surface area contributed by atoms with Crippen molar-refractivity contribution in [3.05, 3.63) is 42.0 Å². The van der Waals surface area contributed by atoms with Gasteiger partial charge in [0.1, 0.15) is 5.75 Å². The summed E-state index contributed by atoms with van der Waals surface area (Å²) in [4.78, 5) is 12.3. The van der Waals surface area contributed by atoms with E-state index in [2.05, 4.69) is 10.5 Å². The minimum atomic E-state index is 0.0338. The predicted octanol–water partition coefficient (Wildman–Crippen LogP) is 3.82. The molecule has 0 spiro atoms. The van der Waals surface area contributed by atoms with Crippen LogP contribution in [0.3, 0.4) is 0 Å². The second-order valence-corrected chi connectivity index (χ2v) is 6.99. The van der Waals surface area contributed by atoms with E-state index in [-0.39, 0.29) is 17.6 Å². The molecule has 2 N–H and O–H groups in total. The molecule has 4 rings (SSSR count). The van der Waals surface area contributed by atoms with Gasteiger partial charge in [-0.05, 0) is 43.1 Å². The first-order valence-electron chi connectivity index (χ1n) is 8.72. The molecule has 0 radical (unpaired) electrons. The Kier molecular flexibility index (Phi) is 3.75. The van der Waals surface area contributed by atoms with Crippen molar-refractivity contribution in [2.45, 2.75) is 32.6 Å². The number of phenols is 1. The Morgan fingerprint density at radius 3 is 2.58 bits per heavy atom. The lowest BCUT2D eigenvalue weighted by Crippen LogP contribution is -2.22. The number of carbonyl (C=O) groups is 1. The summed E-state index contributed by atoms with van der Waals surface area (Å²) in [6.07, 6.45) is 4.85. The zero-order chi connectivity index (χ0) is 16.7. The van der Waals surface area contributed by atoms with Crippen molar-refractivity contribution in [1.82, 2.24) is 5.43 Å². The molecule has 0 saturated heterocycles. The molecule has 0 unspecified atom stereocenters. The van der Waals surface area contributed by atoms with Gasteiger partial charge < -0.3 is 5.11 Å². The van der Waals surface area contributed by atoms with Crippen LogP contribution < -0.4 is 5.43 Å². The van der Waals surface area contributed by atoms with E-state index < -0.39 is 0 Å². The number of aromatic hydroxyl groups is 1. The fraction of sp³-hybridized carbons (Fsp3) is 0.400. The van der Waals surface area contributed by atoms with Crippen LogP contribution >= 0.6 is 0 Å². The minimum Gasteiger partial charge on any atom is -0.507 e. The number of phenolic OH excluding ortho intramolecular Hbond substituents is 1. The van der Waals surface area contributed by atoms with Crippen LogP contribution in [0.25, 0.3) is 10.8 Å². The highest BCUT2D eigenvalue weighted by atomic mass is 16.3. The summed E-state index contributed by atoms with van der Waals surface area (Å²) >= 11 is 0. The van der Waals surface area contributed by atoms with Crippen LogP contribution in [0.2, 0.25) is 0 Å². The van der Waals surface area contributed by atoms with E-state index in [9.17, 15) is 9.90 Å². The van der Waals surface area contributed by atoms with E-state index in [0.29, 0.717) is 23.1 Å². The van der Waals surface area contributed by atoms with E-state index in [1.165, 1.54) is 25.7 Å². The normalized spacial score (nSPS) is 26.0. The number of amides is 1. The molecule has 2 aromatic carbocycles. The average molecular weight is 322 g/mol. The molecule has 124 valence electrons. The number of benzene rings is 2. The molecule has 2 aliphatic carbocycles. The number of hydrogen-bond donors (Lipinski definition) is 2. The van der Waals surface area contributed by atoms with E-state index in [4.69, 9.17) is 0 Å². The van der Waals surface area contributed by atoms with Gasteiger partial charge in [0.05, 0.1) is 5.71 Å². The van der Waals surface area contributed by atoms with Gasteiger partial charge in [-0.2, -0.15) is 5.10 Å². The number of rotatable bonds is 3. The summed E-state index contributed by atoms with van der Waals surface area (Å²) in [5, 5.41) is 16.5. The smallest absolute Gasteiger partial charge is 0.243 e. The summed E-state index contributed by atoms with van der Waals surface area (Å²) in [7, 11) is 0. The quantitative estimate of drug-likeness (QED) is 0.666. The fourth-order valence-corrected chi connectivity index (χ4v) is 4.20. The zero-order valence-corrected chi connectivity index (χ0v) is 13.8. The molecule has 4 heteroatoms. The summed E-state index contributed by atoms with van der Waals surface area (Å²) in [5.41, 5.74) is 3.99. The maximum atomic E-state index is 12.3. The molecule has 1 amide bonds. The predicted molar refractivity (Wildman–Crippen MR) is 94.9 cm³/mol. The van der Waals surface area contributed by atoms with Gasteiger partial charge in [0.2, 0.25) is 5.91 Å². The number of nitrogens with zero attached hydrogens (tertiary/aromatic N) is 1. The maximum Gasteiger partial charge on any atom is 0.243 e. The molecule has 2 saturated carbocycles. The minimum absolute atomic E-state index is 0.0338. The molecule has 0 bridgehead atoms. The van der Waals surface area contributed by atoms with Crippen LogP contribution in [0.1, 0.15) is 38.2 Å². The number of hydrazone groups is 1. The lowest BCUT2D eigenvalue weighted by atomic mass is 10.0. The lowest BCUT2D eigenvalue weighted by Gasteiger charge is -2.08. The first kappa shape index (κ1) is 15.2. The molecule has 24 heavy (non-hydrogen) atoms. The number of nitrogens with one attached hydrogen (secondary N) is 1. The fourth-order valence-electron chi connectivity index (χ4n) is 4.20. The van der Waals surface area contributed by atoms with Gasteiger partial charge in [0, 0.05) is 16.9 Å². The van der Waals surface area contributed by atoms with Crippen molar-refractivity contribution in [1.29, 1.82) is 0 Å². The van der Waals surface area contributed by atoms with Crippen LogP contribution in [-0.2, 0) is 4.79 Å². The number of fused-ring (bicyclic) bond motifs is 2. The van der Waals surface area contributed by atoms with Crippen LogP contribution in [-0.4, -0.2) is 16.7 Å². The third-order valence-corrected chi connectivity index (χ3v) is 5.58. The Balaban J connectivity index is 1.51. The molecule has 0 heterocycles. The van der Waals surface area contributed by atoms with Gasteiger partial charge in [-0.3, -0.25) is 4.79 Å². The number of carbonyl (C=O) groups excluding carboxylic acids is 1. The van der Waals surface area contributed by atoms with Gasteiger partial charge in [-0.15, -0.1) is 0 Å². The Labute approximate surface area is 141 Å². The van der Waals surface area contributed by atoms with Crippen LogP contribution in [0.5, 0.6) is 5.75 Å². The maximum absolute atomic E-state index is 12.3. The molecular formula is C20H22N2O2. The SMILES string of the molecule is C/C(=N/NC(=O)C1[C@H]2CCCC[C@H]12)c1ccc2ccccc2c1O. The molecule has 4 nitrogen and oxygen atoms in total. The second-order valence-electron chi connectivity index (χ2n) is 6.99. The Hall–Kier alpha value is -2.36. The summed E-state index contributed by atoms with van der Waals surface area (Å²) in [6, 6.07) is 11.5. The van der Waals surface area contributed by atoms with Gasteiger partial charge in [0.25, 0.3) is 0 Å². The lowest BCUT2D eigenvalue weighted by molar-refractivity contribution is -0.122. The third-order valence-electron chi connectivity index (χ3n) is 5.58. The summed E-state index contributed by atoms with van der Waals surface area (Å²) in [5.74, 6) is 1.54. The Morgan fingerprint density at radius 2 is 1.83 bits per heavy atom. The van der Waals surface area contributed by atoms with Crippen molar-refractivity contribution in [3.8, 4) is 5.75 Å². The molecule has 2 fully saturated rings. The number of hydrogen-bond acceptors (Lipinski definition) is 3. The van der Waals surface area contributed by atoms with Crippen molar-refractivity contribution < 1.29 is 9.90 Å². The molecular weight excluding hydrogens is 300 g/mol. The van der Waals surface area contributed by atoms with Gasteiger partial charge >= 0.3 is 0 Å². The monoisotopic (exact) mass is 322 g/mol. The topological polar surface area (TPSA) is 61.7 Å². The van der Waals surface area contributed by atoms with Crippen LogP contribution in [0, 0.1) is 17.8 Å². The Morgan fingerprint density at radius 1 is 1.12 bits per heavy atom. The molecule has 2 atom stereocenters.